The fraction of sp³-hybridized carbons (Fsp3) is 0.154. The van der Waals surface area contributed by atoms with E-state index in [0.29, 0.717) is 11.1 Å². The maximum absolute atomic E-state index is 9.78. The molecule has 5 aromatic carbocycles. The number of rotatable bonds is 4. The van der Waals surface area contributed by atoms with E-state index in [2.05, 4.69) is 15.0 Å². The highest BCUT2D eigenvalue weighted by atomic mass is 15.0. The highest BCUT2D eigenvalue weighted by molar-refractivity contribution is 5.84. The Balaban J connectivity index is 1.55. The first-order valence-electron chi connectivity index (χ1n) is 23.4. The van der Waals surface area contributed by atoms with Crippen LogP contribution >= 0.6 is 0 Å². The van der Waals surface area contributed by atoms with Crippen LogP contribution in [0.3, 0.4) is 0 Å². The van der Waals surface area contributed by atoms with E-state index in [-0.39, 0.29) is 17.5 Å². The summed E-state index contributed by atoms with van der Waals surface area (Å²) in [5, 5.41) is 0. The lowest BCUT2D eigenvalue weighted by Crippen LogP contribution is -2.28. The molecular weight excluding hydrogens is 510 g/mol. The van der Waals surface area contributed by atoms with Crippen molar-refractivity contribution >= 4 is 0 Å². The molecular formula is C39H31N3. The van der Waals surface area contributed by atoms with E-state index in [9.17, 15) is 11.0 Å². The van der Waals surface area contributed by atoms with E-state index in [1.54, 1.807) is 60.7 Å². The smallest absolute Gasteiger partial charge is 0.164 e. The molecule has 6 aromatic rings. The Bertz CT molecular complexity index is 2870. The summed E-state index contributed by atoms with van der Waals surface area (Å²) < 4.78 is 190. The van der Waals surface area contributed by atoms with Crippen LogP contribution in [0, 0.1) is 0 Å². The Morgan fingerprint density at radius 2 is 1.07 bits per heavy atom. The Morgan fingerprint density at radius 3 is 1.76 bits per heavy atom. The lowest BCUT2D eigenvalue weighted by atomic mass is 9.67. The van der Waals surface area contributed by atoms with Gasteiger partial charge in [0.05, 0.1) is 15.1 Å². The zero-order valence-electron chi connectivity index (χ0n) is 42.6. The summed E-state index contributed by atoms with van der Waals surface area (Å²) >= 11 is 0. The summed E-state index contributed by atoms with van der Waals surface area (Å²) in [6.45, 7) is 0. The Hall–Kier alpha value is -4.89. The molecule has 1 spiro atoms. The predicted octanol–water partition coefficient (Wildman–Crippen LogP) is 9.77. The predicted molar refractivity (Wildman–Crippen MR) is 171 cm³/mol. The van der Waals surface area contributed by atoms with Crippen molar-refractivity contribution < 1.29 is 28.8 Å². The molecule has 2 aliphatic rings. The van der Waals surface area contributed by atoms with Gasteiger partial charge in [-0.2, -0.15) is 0 Å². The molecule has 0 amide bonds. The highest BCUT2D eigenvalue weighted by Gasteiger charge is 2.43. The summed E-state index contributed by atoms with van der Waals surface area (Å²) in [4.78, 5) is 13.6. The average molecular weight is 563 g/mol. The van der Waals surface area contributed by atoms with Crippen molar-refractivity contribution in [2.75, 3.05) is 0 Å². The van der Waals surface area contributed by atoms with Gasteiger partial charge in [-0.15, -0.1) is 0 Å². The van der Waals surface area contributed by atoms with Crippen molar-refractivity contribution in [3.05, 3.63) is 138 Å². The molecule has 1 heterocycles. The minimum absolute atomic E-state index is 0.0550. The van der Waals surface area contributed by atoms with Gasteiger partial charge in [0.25, 0.3) is 0 Å². The second-order valence-corrected chi connectivity index (χ2v) is 9.41. The van der Waals surface area contributed by atoms with Crippen molar-refractivity contribution in [1.29, 1.82) is 0 Å². The van der Waals surface area contributed by atoms with E-state index in [1.165, 1.54) is 0 Å². The lowest BCUT2D eigenvalue weighted by molar-refractivity contribution is 0.353. The van der Waals surface area contributed by atoms with E-state index in [0.717, 1.165) is 0 Å². The average Bonchev–Trinajstić information content (AvgIpc) is 3.59. The first-order valence-corrected chi connectivity index (χ1v) is 12.9. The Morgan fingerprint density at radius 1 is 0.500 bits per heavy atom. The summed E-state index contributed by atoms with van der Waals surface area (Å²) in [7, 11) is 0. The van der Waals surface area contributed by atoms with Crippen molar-refractivity contribution in [2.45, 2.75) is 37.3 Å². The first-order chi connectivity index (χ1) is 29.2. The number of aromatic nitrogens is 3. The van der Waals surface area contributed by atoms with Gasteiger partial charge in [-0.25, -0.2) is 15.0 Å². The van der Waals surface area contributed by atoms with E-state index in [1.807, 2.05) is 0 Å². The largest absolute Gasteiger partial charge is 0.208 e. The number of fused-ring (bicyclic) bond motifs is 5. The summed E-state index contributed by atoms with van der Waals surface area (Å²) in [5.41, 5.74) is -9.17. The molecule has 42 heavy (non-hydrogen) atoms. The zero-order chi connectivity index (χ0) is 46.5. The molecule has 1 fully saturated rings. The van der Waals surface area contributed by atoms with Crippen molar-refractivity contribution in [2.24, 2.45) is 0 Å². The van der Waals surface area contributed by atoms with Gasteiger partial charge in [0.1, 0.15) is 0 Å². The monoisotopic (exact) mass is 562 g/mol. The Labute approximate surface area is 276 Å². The van der Waals surface area contributed by atoms with Crippen molar-refractivity contribution in [3.8, 4) is 56.4 Å². The molecule has 0 radical (unpaired) electrons. The van der Waals surface area contributed by atoms with E-state index >= 15 is 0 Å². The zero-order valence-corrected chi connectivity index (χ0v) is 21.6. The topological polar surface area (TPSA) is 38.7 Å². The molecule has 2 aliphatic carbocycles. The molecule has 3 heteroatoms. The molecule has 0 N–H and O–H groups in total. The van der Waals surface area contributed by atoms with Crippen molar-refractivity contribution in [1.82, 2.24) is 15.0 Å². The number of hydrogen-bond donors (Lipinski definition) is 0. The van der Waals surface area contributed by atoms with Crippen LogP contribution in [0.5, 0.6) is 0 Å². The minimum atomic E-state index is -4.10. The minimum Gasteiger partial charge on any atom is -0.208 e. The van der Waals surface area contributed by atoms with Crippen LogP contribution in [0.1, 0.15) is 71.8 Å². The summed E-state index contributed by atoms with van der Waals surface area (Å²) in [5.74, 6) is -0.271. The van der Waals surface area contributed by atoms with Crippen LogP contribution in [0.2, 0.25) is 0 Å². The van der Waals surface area contributed by atoms with Crippen LogP contribution < -0.4 is 0 Å². The number of nitrogens with zero attached hydrogens (tertiary/aromatic N) is 3. The van der Waals surface area contributed by atoms with Gasteiger partial charge in [0.2, 0.25) is 0 Å². The van der Waals surface area contributed by atoms with Gasteiger partial charge in [-0.3, -0.25) is 0 Å². The van der Waals surface area contributed by atoms with Gasteiger partial charge < -0.3 is 0 Å². The Kier molecular flexibility index (Phi) is 2.77. The van der Waals surface area contributed by atoms with Crippen LogP contribution in [-0.2, 0) is 5.41 Å². The second-order valence-electron chi connectivity index (χ2n) is 9.41. The molecule has 3 nitrogen and oxygen atoms in total. The van der Waals surface area contributed by atoms with Gasteiger partial charge in [-0.05, 0) is 58.2 Å². The fourth-order valence-electron chi connectivity index (χ4n) is 4.97. The SMILES string of the molecule is [2H]c1c([2H])c(-c2nc(-c3ccccc3)nc(-c3ccccc3)n2)c([2H])c(-c2c([2H])c([2H])c3c(c2[2H])C2(c4c([2H])c([2H])c([2H])c([2H])c4-3)C([2H])([2H])C([2H])([2H])C([2H])([2H])C([2H])([2H])C2([2H])[2H])c1[2H]. The molecule has 0 unspecified atom stereocenters. The van der Waals surface area contributed by atoms with Crippen molar-refractivity contribution in [3.63, 3.8) is 0 Å². The van der Waals surface area contributed by atoms with E-state index in [4.69, 9.17) is 17.8 Å². The maximum Gasteiger partial charge on any atom is 0.164 e. The molecule has 1 saturated carbocycles. The van der Waals surface area contributed by atoms with Gasteiger partial charge in [-0.1, -0.05) is 134 Å². The van der Waals surface area contributed by atoms with Crippen LogP contribution in [0.25, 0.3) is 56.4 Å². The highest BCUT2D eigenvalue weighted by Crippen LogP contribution is 2.56. The standard InChI is InChI=1S/C39H31N3/c1-4-13-27(14-5-1)36-40-37(28-15-6-2-7-16-28)42-38(41-36)31-18-12-17-29(25-31)30-21-22-33-32-19-8-9-20-34(32)39(35(33)26-30)23-10-3-11-24-39/h1-2,4-9,12-22,25-26H,3,10-11,23-24H2/i3D2,8D,9D,10D2,11D2,12D,17D,18D,19D,20D,21D,22D,23D2,24D2,25D,26D. The fourth-order valence-corrected chi connectivity index (χ4v) is 4.97. The van der Waals surface area contributed by atoms with E-state index < -0.39 is 143 Å². The normalized spacial score (nSPS) is 28.0. The summed E-state index contributed by atoms with van der Waals surface area (Å²) in [6, 6.07) is 5.69. The molecule has 202 valence electrons. The molecule has 0 bridgehead atoms. The molecule has 0 atom stereocenters. The third kappa shape index (κ3) is 4.16. The van der Waals surface area contributed by atoms with Gasteiger partial charge >= 0.3 is 0 Å². The van der Waals surface area contributed by atoms with Crippen LogP contribution in [-0.4, -0.2) is 15.0 Å². The third-order valence-electron chi connectivity index (χ3n) is 6.92. The quantitative estimate of drug-likeness (QED) is 0.215. The third-order valence-corrected chi connectivity index (χ3v) is 6.92. The number of benzene rings is 5. The summed E-state index contributed by atoms with van der Waals surface area (Å²) in [6.07, 6.45) is -20.4. The lowest BCUT2D eigenvalue weighted by Gasteiger charge is -2.36. The van der Waals surface area contributed by atoms with Crippen LogP contribution in [0.15, 0.2) is 127 Å². The second kappa shape index (κ2) is 10.2. The number of hydrogen-bond acceptors (Lipinski definition) is 3. The molecule has 1 aromatic heterocycles. The van der Waals surface area contributed by atoms with Gasteiger partial charge in [0.15, 0.2) is 17.5 Å². The molecule has 0 aliphatic heterocycles. The molecule has 8 rings (SSSR count). The maximum atomic E-state index is 9.78. The first kappa shape index (κ1) is 11.4. The van der Waals surface area contributed by atoms with Crippen LogP contribution in [0.4, 0.5) is 0 Å². The van der Waals surface area contributed by atoms with Gasteiger partial charge in [0, 0.05) is 35.8 Å². The molecule has 0 saturated heterocycles.